The lowest BCUT2D eigenvalue weighted by molar-refractivity contribution is -0.390. The maximum absolute atomic E-state index is 14.2. The lowest BCUT2D eigenvalue weighted by Gasteiger charge is -2.48. The zero-order valence-corrected chi connectivity index (χ0v) is 53.3. The van der Waals surface area contributed by atoms with E-state index < -0.39 is 121 Å². The monoisotopic (exact) mass is 1280 g/mol. The Bertz CT molecular complexity index is 3670. The van der Waals surface area contributed by atoms with Crippen LogP contribution in [-0.2, 0) is 92.9 Å². The van der Waals surface area contributed by atoms with Gasteiger partial charge in [-0.25, -0.2) is 0 Å². The van der Waals surface area contributed by atoms with Gasteiger partial charge in [0.05, 0.1) is 13.2 Å². The van der Waals surface area contributed by atoms with Crippen LogP contribution >= 0.6 is 0 Å². The number of rotatable bonds is 25. The van der Waals surface area contributed by atoms with Crippen molar-refractivity contribution >= 4 is 29.8 Å². The third-order valence-corrected chi connectivity index (χ3v) is 16.9. The van der Waals surface area contributed by atoms with Gasteiger partial charge in [0.2, 0.25) is 12.1 Å². The minimum absolute atomic E-state index is 0.415. The first-order valence-corrected chi connectivity index (χ1v) is 31.5. The summed E-state index contributed by atoms with van der Waals surface area (Å²) in [6, 6.07) is 85.7. The molecule has 0 radical (unpaired) electrons. The minimum atomic E-state index is -2.55. The summed E-state index contributed by atoms with van der Waals surface area (Å²) in [6.45, 7) is 4.25. The summed E-state index contributed by atoms with van der Waals surface area (Å²) in [5, 5.41) is 0. The molecule has 11 rings (SSSR count). The second-order valence-corrected chi connectivity index (χ2v) is 23.2. The Labute approximate surface area is 552 Å². The summed E-state index contributed by atoms with van der Waals surface area (Å²) in [5.41, 5.74) is 1.86. The van der Waals surface area contributed by atoms with Gasteiger partial charge in [-0.05, 0) is 50.1 Å². The quantitative estimate of drug-likeness (QED) is 0.0298. The molecule has 16 nitrogen and oxygen atoms in total. The Morgan fingerprint density at radius 3 is 0.863 bits per heavy atom. The van der Waals surface area contributed by atoms with Crippen LogP contribution in [0.15, 0.2) is 273 Å². The van der Waals surface area contributed by atoms with Gasteiger partial charge in [-0.15, -0.1) is 0 Å². The van der Waals surface area contributed by atoms with Crippen molar-refractivity contribution in [3.63, 3.8) is 0 Å². The minimum Gasteiger partial charge on any atom is -0.456 e. The van der Waals surface area contributed by atoms with Crippen LogP contribution < -0.4 is 0 Å². The number of benzene rings is 9. The van der Waals surface area contributed by atoms with Gasteiger partial charge < -0.3 is 52.1 Å². The van der Waals surface area contributed by atoms with E-state index in [2.05, 4.69) is 0 Å². The van der Waals surface area contributed by atoms with Crippen LogP contribution in [0.2, 0.25) is 0 Å². The van der Waals surface area contributed by atoms with E-state index in [1.165, 1.54) is 20.8 Å². The normalized spacial score (nSPS) is 21.1. The van der Waals surface area contributed by atoms with Crippen LogP contribution in [0.5, 0.6) is 0 Å². The highest BCUT2D eigenvalue weighted by Crippen LogP contribution is 2.49. The summed E-state index contributed by atoms with van der Waals surface area (Å²) in [5.74, 6) is -6.79. The average molecular weight is 1280 g/mol. The van der Waals surface area contributed by atoms with Gasteiger partial charge in [0.25, 0.3) is 0 Å². The summed E-state index contributed by atoms with van der Waals surface area (Å²) in [6.07, 6.45) is -13.4. The molecule has 2 aliphatic heterocycles. The smallest absolute Gasteiger partial charge is 0.303 e. The van der Waals surface area contributed by atoms with Gasteiger partial charge in [-0.3, -0.25) is 24.0 Å². The summed E-state index contributed by atoms with van der Waals surface area (Å²) < 4.78 is 76.1. The van der Waals surface area contributed by atoms with Gasteiger partial charge >= 0.3 is 29.8 Å². The molecule has 9 aromatic rings. The molecule has 2 fully saturated rings. The summed E-state index contributed by atoms with van der Waals surface area (Å²) >= 11 is 0. The largest absolute Gasteiger partial charge is 0.456 e. The second kappa shape index (κ2) is 30.0. The van der Waals surface area contributed by atoms with Crippen molar-refractivity contribution in [2.75, 3.05) is 19.8 Å². The topological polar surface area (TPSA) is 187 Å². The SMILES string of the molecule is CC(=O)OC1C(COC(c2ccccc2)(c2ccccc2)c2ccccc2)OC(OC2(COC(c3ccccc3)(c3ccccc3)c3ccccc3)OC(COC(c3ccccc3)(c3ccccc3)c3ccccc3)C(OC(C)=O)C2OC(C)=O)C(OC(C)=O)C1OC(C)=O. The van der Waals surface area contributed by atoms with E-state index >= 15 is 0 Å². The third kappa shape index (κ3) is 14.3. The molecule has 2 saturated heterocycles. The predicted molar refractivity (Wildman–Crippen MR) is 351 cm³/mol. The van der Waals surface area contributed by atoms with Crippen molar-refractivity contribution in [3.05, 3.63) is 323 Å². The van der Waals surface area contributed by atoms with Crippen molar-refractivity contribution in [2.24, 2.45) is 0 Å². The first-order chi connectivity index (χ1) is 46.2. The number of carbonyl (C=O) groups excluding carboxylic acids is 5. The Kier molecular flexibility index (Phi) is 21.0. The molecule has 9 aromatic carbocycles. The van der Waals surface area contributed by atoms with Crippen LogP contribution in [0.25, 0.3) is 0 Å². The van der Waals surface area contributed by atoms with Crippen molar-refractivity contribution in [2.45, 2.75) is 106 Å². The number of ether oxygens (including phenoxy) is 11. The summed E-state index contributed by atoms with van der Waals surface area (Å²) in [7, 11) is 0. The Balaban J connectivity index is 1.12. The van der Waals surface area contributed by atoms with E-state index in [4.69, 9.17) is 52.1 Å². The molecule has 2 aliphatic rings. The van der Waals surface area contributed by atoms with Crippen molar-refractivity contribution in [1.29, 1.82) is 0 Å². The van der Waals surface area contributed by atoms with Crippen molar-refractivity contribution < 1.29 is 76.1 Å². The van der Waals surface area contributed by atoms with Crippen LogP contribution in [0, 0.1) is 0 Å². The van der Waals surface area contributed by atoms with Crippen LogP contribution in [0.3, 0.4) is 0 Å². The molecular formula is C79H74O16. The molecule has 0 amide bonds. The molecule has 0 N–H and O–H groups in total. The molecular weight excluding hydrogens is 1200 g/mol. The van der Waals surface area contributed by atoms with Crippen molar-refractivity contribution in [3.8, 4) is 0 Å². The fourth-order valence-electron chi connectivity index (χ4n) is 13.1. The zero-order valence-electron chi connectivity index (χ0n) is 53.3. The number of carbonyl (C=O) groups is 5. The molecule has 16 heteroatoms. The number of esters is 5. The standard InChI is InChI=1S/C79H74O16/c1-54(80)88-70-68(51-85-77(59-33-15-6-16-34-59,60-35-17-7-18-36-60)61-37-19-8-20-38-61)93-75(73(91-57(4)83)72(70)90-56(3)82)95-76(53-87-79(65-45-27-12-28-46-65,66-47-29-13-30-48-66)67-49-31-14-32-50-67)74(92-58(5)84)71(89-55(2)81)69(94-76)52-86-78(62-39-21-9-22-40-62,63-41-23-10-24-42-63)64-43-25-11-26-44-64/h6-50,68-75H,51-53H2,1-5H3. The molecule has 486 valence electrons. The average Bonchev–Trinajstić information content (AvgIpc) is 1.72. The van der Waals surface area contributed by atoms with Crippen LogP contribution in [-0.4, -0.2) is 104 Å². The zero-order chi connectivity index (χ0) is 66.4. The highest BCUT2D eigenvalue weighted by molar-refractivity contribution is 5.69. The van der Waals surface area contributed by atoms with Crippen LogP contribution in [0.4, 0.5) is 0 Å². The first-order valence-electron chi connectivity index (χ1n) is 31.5. The molecule has 0 aromatic heterocycles. The molecule has 0 aliphatic carbocycles. The third-order valence-electron chi connectivity index (χ3n) is 16.9. The first kappa shape index (κ1) is 66.5. The molecule has 9 unspecified atom stereocenters. The number of hydrogen-bond acceptors (Lipinski definition) is 16. The number of hydrogen-bond donors (Lipinski definition) is 0. The molecule has 0 bridgehead atoms. The Hall–Kier alpha value is -9.91. The molecule has 95 heavy (non-hydrogen) atoms. The van der Waals surface area contributed by atoms with E-state index in [0.29, 0.717) is 33.4 Å². The Morgan fingerprint density at radius 2 is 0.568 bits per heavy atom. The lowest BCUT2D eigenvalue weighted by Crippen LogP contribution is -2.66. The maximum Gasteiger partial charge on any atom is 0.303 e. The van der Waals surface area contributed by atoms with E-state index in [1.807, 2.05) is 273 Å². The second-order valence-electron chi connectivity index (χ2n) is 23.2. The fraction of sp³-hybridized carbons (Fsp3) is 0.253. The highest BCUT2D eigenvalue weighted by Gasteiger charge is 2.65. The highest BCUT2D eigenvalue weighted by atomic mass is 16.8. The fourth-order valence-corrected chi connectivity index (χ4v) is 13.1. The van der Waals surface area contributed by atoms with E-state index in [0.717, 1.165) is 30.5 Å². The predicted octanol–water partition coefficient (Wildman–Crippen LogP) is 12.5. The van der Waals surface area contributed by atoms with Crippen LogP contribution in [0.1, 0.15) is 84.7 Å². The molecule has 9 atom stereocenters. The van der Waals surface area contributed by atoms with E-state index in [9.17, 15) is 24.0 Å². The maximum atomic E-state index is 14.2. The van der Waals surface area contributed by atoms with Gasteiger partial charge in [0.15, 0.2) is 30.5 Å². The summed E-state index contributed by atoms with van der Waals surface area (Å²) in [4.78, 5) is 69.3. The van der Waals surface area contributed by atoms with E-state index in [-0.39, 0.29) is 0 Å². The van der Waals surface area contributed by atoms with Gasteiger partial charge in [0, 0.05) is 34.6 Å². The van der Waals surface area contributed by atoms with Crippen molar-refractivity contribution in [1.82, 2.24) is 0 Å². The molecule has 0 saturated carbocycles. The lowest BCUT2D eigenvalue weighted by atomic mass is 9.80. The van der Waals surface area contributed by atoms with Gasteiger partial charge in [-0.2, -0.15) is 0 Å². The van der Waals surface area contributed by atoms with Gasteiger partial charge in [0.1, 0.15) is 35.6 Å². The Morgan fingerprint density at radius 1 is 0.316 bits per heavy atom. The molecule has 0 spiro atoms. The van der Waals surface area contributed by atoms with Gasteiger partial charge in [-0.1, -0.05) is 273 Å². The van der Waals surface area contributed by atoms with E-state index in [1.54, 1.807) is 0 Å². The molecule has 2 heterocycles.